The molecule has 0 amide bonds. The highest BCUT2D eigenvalue weighted by Gasteiger charge is 2.21. The van der Waals surface area contributed by atoms with Gasteiger partial charge in [-0.2, -0.15) is 5.10 Å². The fourth-order valence-corrected chi connectivity index (χ4v) is 3.84. The van der Waals surface area contributed by atoms with Gasteiger partial charge in [0.05, 0.1) is 40.7 Å². The largest absolute Gasteiger partial charge is 0.472 e. The van der Waals surface area contributed by atoms with Crippen LogP contribution in [0.25, 0.3) is 55.8 Å². The highest BCUT2D eigenvalue weighted by atomic mass is 19.1. The van der Waals surface area contributed by atoms with Crippen molar-refractivity contribution in [2.24, 2.45) is 0 Å². The molecule has 150 valence electrons. The Morgan fingerprint density at radius 2 is 1.94 bits per heavy atom. The van der Waals surface area contributed by atoms with E-state index >= 15 is 4.39 Å². The van der Waals surface area contributed by atoms with E-state index in [0.29, 0.717) is 28.0 Å². The van der Waals surface area contributed by atoms with Crippen molar-refractivity contribution in [1.29, 1.82) is 0 Å². The third-order valence-electron chi connectivity index (χ3n) is 5.41. The second kappa shape index (κ2) is 6.60. The Balaban J connectivity index is 1.57. The molecule has 0 spiro atoms. The number of nitrogens with zero attached hydrogens (tertiary/aromatic N) is 4. The van der Waals surface area contributed by atoms with E-state index in [1.807, 2.05) is 37.3 Å². The minimum Gasteiger partial charge on any atom is -0.472 e. The maximum Gasteiger partial charge on any atom is 0.161 e. The lowest BCUT2D eigenvalue weighted by Crippen LogP contribution is -1.94. The molecule has 6 aromatic rings. The molecule has 0 saturated heterocycles. The van der Waals surface area contributed by atoms with Gasteiger partial charge in [-0.1, -0.05) is 12.1 Å². The lowest BCUT2D eigenvalue weighted by molar-refractivity contribution is 0.568. The molecule has 0 fully saturated rings. The van der Waals surface area contributed by atoms with Crippen molar-refractivity contribution in [2.75, 3.05) is 0 Å². The molecule has 0 aliphatic heterocycles. The summed E-state index contributed by atoms with van der Waals surface area (Å²) < 4.78 is 20.9. The van der Waals surface area contributed by atoms with Crippen LogP contribution in [0.3, 0.4) is 0 Å². The van der Waals surface area contributed by atoms with Crippen molar-refractivity contribution in [2.45, 2.75) is 6.92 Å². The van der Waals surface area contributed by atoms with Crippen LogP contribution in [0.2, 0.25) is 0 Å². The van der Waals surface area contributed by atoms with Gasteiger partial charge in [-0.05, 0) is 30.7 Å². The smallest absolute Gasteiger partial charge is 0.161 e. The molecule has 0 saturated carbocycles. The molecule has 6 rings (SSSR count). The van der Waals surface area contributed by atoms with Gasteiger partial charge in [-0.25, -0.2) is 9.37 Å². The molecule has 0 aliphatic carbocycles. The van der Waals surface area contributed by atoms with Crippen LogP contribution in [0.5, 0.6) is 0 Å². The molecule has 5 heterocycles. The topological polar surface area (TPSA) is 96.3 Å². The number of nitrogens with one attached hydrogen (secondary N) is 2. The predicted octanol–water partition coefficient (Wildman–Crippen LogP) is 5.27. The van der Waals surface area contributed by atoms with E-state index in [9.17, 15) is 0 Å². The van der Waals surface area contributed by atoms with Crippen LogP contribution < -0.4 is 0 Å². The molecule has 31 heavy (non-hydrogen) atoms. The Labute approximate surface area is 175 Å². The van der Waals surface area contributed by atoms with Gasteiger partial charge in [0.2, 0.25) is 0 Å². The summed E-state index contributed by atoms with van der Waals surface area (Å²) in [6.07, 6.45) is 8.15. The van der Waals surface area contributed by atoms with E-state index in [-0.39, 0.29) is 5.69 Å². The van der Waals surface area contributed by atoms with E-state index in [2.05, 4.69) is 25.1 Å². The Kier molecular flexibility index (Phi) is 3.73. The lowest BCUT2D eigenvalue weighted by atomic mass is 10.1. The number of pyridine rings is 2. The van der Waals surface area contributed by atoms with E-state index in [1.54, 1.807) is 31.1 Å². The maximum absolute atomic E-state index is 15.7. The lowest BCUT2D eigenvalue weighted by Gasteiger charge is -2.06. The first-order valence-corrected chi connectivity index (χ1v) is 9.66. The van der Waals surface area contributed by atoms with Gasteiger partial charge in [0, 0.05) is 29.1 Å². The van der Waals surface area contributed by atoms with Gasteiger partial charge in [-0.3, -0.25) is 15.1 Å². The maximum atomic E-state index is 15.7. The van der Waals surface area contributed by atoms with Gasteiger partial charge in [-0.15, -0.1) is 0 Å². The summed E-state index contributed by atoms with van der Waals surface area (Å²) in [5.41, 5.74) is 6.06. The minimum absolute atomic E-state index is 0.232. The molecule has 0 unspecified atom stereocenters. The summed E-state index contributed by atoms with van der Waals surface area (Å²) >= 11 is 0. The second-order valence-electron chi connectivity index (χ2n) is 7.27. The quantitative estimate of drug-likeness (QED) is 0.414. The molecule has 1 aromatic carbocycles. The molecule has 7 nitrogen and oxygen atoms in total. The number of benzene rings is 1. The monoisotopic (exact) mass is 410 g/mol. The van der Waals surface area contributed by atoms with Crippen LogP contribution in [0.4, 0.5) is 4.39 Å². The van der Waals surface area contributed by atoms with Crippen molar-refractivity contribution in [3.05, 3.63) is 72.8 Å². The summed E-state index contributed by atoms with van der Waals surface area (Å²) in [5, 5.41) is 7.53. The van der Waals surface area contributed by atoms with E-state index in [1.165, 1.54) is 0 Å². The number of rotatable bonds is 3. The molecule has 8 heteroatoms. The van der Waals surface area contributed by atoms with Crippen molar-refractivity contribution >= 4 is 21.9 Å². The van der Waals surface area contributed by atoms with Gasteiger partial charge >= 0.3 is 0 Å². The highest BCUT2D eigenvalue weighted by molar-refractivity contribution is 5.98. The fourth-order valence-electron chi connectivity index (χ4n) is 3.84. The number of para-hydroxylation sites is 1. The van der Waals surface area contributed by atoms with Crippen molar-refractivity contribution in [1.82, 2.24) is 30.1 Å². The number of aromatic nitrogens is 6. The Morgan fingerprint density at radius 1 is 1.00 bits per heavy atom. The van der Waals surface area contributed by atoms with Crippen LogP contribution in [0.1, 0.15) is 5.56 Å². The number of hydrogen-bond donors (Lipinski definition) is 2. The molecule has 0 radical (unpaired) electrons. The molecular formula is C23H15FN6O. The fraction of sp³-hybridized carbons (Fsp3) is 0.0435. The number of H-pyrrole nitrogens is 2. The second-order valence-corrected chi connectivity index (χ2v) is 7.27. The van der Waals surface area contributed by atoms with Crippen LogP contribution >= 0.6 is 0 Å². The molecule has 0 atom stereocenters. The number of halogens is 1. The molecule has 2 N–H and O–H groups in total. The Hall–Kier alpha value is -4.33. The van der Waals surface area contributed by atoms with Gasteiger partial charge < -0.3 is 9.40 Å². The SMILES string of the molecule is Cc1ccncc1-c1ncc2[nH]nc(-c3nc4c(-c5ccoc5)cccc4[nH]3)c2c1F. The third kappa shape index (κ3) is 2.65. The van der Waals surface area contributed by atoms with Crippen molar-refractivity contribution in [3.63, 3.8) is 0 Å². The number of fused-ring (bicyclic) bond motifs is 2. The average Bonchev–Trinajstić information content (AvgIpc) is 3.53. The van der Waals surface area contributed by atoms with E-state index < -0.39 is 5.82 Å². The van der Waals surface area contributed by atoms with E-state index in [0.717, 1.165) is 27.7 Å². The van der Waals surface area contributed by atoms with E-state index in [4.69, 9.17) is 9.40 Å². The van der Waals surface area contributed by atoms with Crippen molar-refractivity contribution in [3.8, 4) is 33.9 Å². The minimum atomic E-state index is -0.465. The standard InChI is InChI=1S/C23H15FN6O/c1-12-5-7-25-9-15(12)21-19(24)18-17(10-26-21)29-30-22(18)23-27-16-4-2-3-14(20(16)28-23)13-6-8-31-11-13/h2-11H,1H3,(H,27,28)(H,29,30). The first kappa shape index (κ1) is 17.5. The molecule has 5 aromatic heterocycles. The Bertz CT molecular complexity index is 1560. The van der Waals surface area contributed by atoms with Gasteiger partial charge in [0.15, 0.2) is 11.6 Å². The van der Waals surface area contributed by atoms with Crippen LogP contribution in [0, 0.1) is 12.7 Å². The van der Waals surface area contributed by atoms with Crippen molar-refractivity contribution < 1.29 is 8.81 Å². The first-order chi connectivity index (χ1) is 15.2. The number of aryl methyl sites for hydroxylation is 1. The zero-order valence-corrected chi connectivity index (χ0v) is 16.3. The third-order valence-corrected chi connectivity index (χ3v) is 5.41. The number of imidazole rings is 1. The zero-order valence-electron chi connectivity index (χ0n) is 16.3. The van der Waals surface area contributed by atoms with Gasteiger partial charge in [0.1, 0.15) is 11.4 Å². The predicted molar refractivity (Wildman–Crippen MR) is 115 cm³/mol. The summed E-state index contributed by atoms with van der Waals surface area (Å²) in [6, 6.07) is 9.53. The molecular weight excluding hydrogens is 395 g/mol. The zero-order chi connectivity index (χ0) is 20.9. The first-order valence-electron chi connectivity index (χ1n) is 9.66. The summed E-state index contributed by atoms with van der Waals surface area (Å²) in [7, 11) is 0. The number of furan rings is 1. The summed E-state index contributed by atoms with van der Waals surface area (Å²) in [6.45, 7) is 1.90. The van der Waals surface area contributed by atoms with Gasteiger partial charge in [0.25, 0.3) is 0 Å². The summed E-state index contributed by atoms with van der Waals surface area (Å²) in [4.78, 5) is 16.4. The highest BCUT2D eigenvalue weighted by Crippen LogP contribution is 2.34. The van der Waals surface area contributed by atoms with Crippen LogP contribution in [0.15, 0.2) is 65.9 Å². The van der Waals surface area contributed by atoms with Crippen LogP contribution in [-0.4, -0.2) is 30.1 Å². The normalized spacial score (nSPS) is 11.5. The number of aromatic amines is 2. The average molecular weight is 410 g/mol. The molecule has 0 bridgehead atoms. The number of hydrogen-bond acceptors (Lipinski definition) is 5. The molecule has 0 aliphatic rings. The summed E-state index contributed by atoms with van der Waals surface area (Å²) in [5.74, 6) is 0.00372. The van der Waals surface area contributed by atoms with Crippen LogP contribution in [-0.2, 0) is 0 Å². The Morgan fingerprint density at radius 3 is 2.77 bits per heavy atom.